The Bertz CT molecular complexity index is 1400. The molecular formula is C29H32Cl2F3N5O4. The summed E-state index contributed by atoms with van der Waals surface area (Å²) in [6.07, 6.45) is -4.47. The zero-order chi connectivity index (χ0) is 31.5. The van der Waals surface area contributed by atoms with E-state index in [0.717, 1.165) is 12.1 Å². The van der Waals surface area contributed by atoms with Crippen molar-refractivity contribution in [2.24, 2.45) is 0 Å². The van der Waals surface area contributed by atoms with E-state index in [4.69, 9.17) is 27.9 Å². The van der Waals surface area contributed by atoms with E-state index in [2.05, 4.69) is 10.6 Å². The Morgan fingerprint density at radius 1 is 1.09 bits per heavy atom. The van der Waals surface area contributed by atoms with Crippen molar-refractivity contribution in [3.63, 3.8) is 0 Å². The van der Waals surface area contributed by atoms with Crippen molar-refractivity contribution in [3.05, 3.63) is 74.9 Å². The van der Waals surface area contributed by atoms with E-state index in [-0.39, 0.29) is 42.0 Å². The topological polar surface area (TPSA) is 94.2 Å². The molecule has 0 radical (unpaired) electrons. The molecule has 9 nitrogen and oxygen atoms in total. The summed E-state index contributed by atoms with van der Waals surface area (Å²) in [5.41, 5.74) is 0.657. The summed E-state index contributed by atoms with van der Waals surface area (Å²) in [6.45, 7) is 7.09. The molecule has 0 saturated carbocycles. The Morgan fingerprint density at radius 2 is 1.79 bits per heavy atom. The predicted molar refractivity (Wildman–Crippen MR) is 157 cm³/mol. The molecular weight excluding hydrogens is 610 g/mol. The SMILES string of the molecule is CCOC(=O)C1=C(CN2CCN(C(=O)Nc3ccc(C(F)(F)F)cc3)C(C)C2)N(CC)C(=O)NC1c1ccc(Cl)cc1Cl. The van der Waals surface area contributed by atoms with E-state index >= 15 is 0 Å². The van der Waals surface area contributed by atoms with Gasteiger partial charge >= 0.3 is 24.2 Å². The van der Waals surface area contributed by atoms with Crippen molar-refractivity contribution in [1.29, 1.82) is 0 Å². The number of likely N-dealkylation sites (N-methyl/N-ethyl adjacent to an activating group) is 1. The van der Waals surface area contributed by atoms with Gasteiger partial charge in [-0.2, -0.15) is 13.2 Å². The second kappa shape index (κ2) is 13.4. The summed E-state index contributed by atoms with van der Waals surface area (Å²) >= 11 is 12.6. The van der Waals surface area contributed by atoms with Gasteiger partial charge in [0.2, 0.25) is 0 Å². The van der Waals surface area contributed by atoms with Crippen LogP contribution in [-0.2, 0) is 15.7 Å². The van der Waals surface area contributed by atoms with Gasteiger partial charge in [0.25, 0.3) is 0 Å². The third-order valence-corrected chi connectivity index (χ3v) is 7.90. The maximum absolute atomic E-state index is 13.4. The summed E-state index contributed by atoms with van der Waals surface area (Å²) in [6, 6.07) is 7.06. The standard InChI is InChI=1S/C29H32Cl2F3N5O4/c1-4-38-23(24(26(40)43-5-2)25(36-28(38)42)21-11-8-19(30)14-22(21)31)16-37-12-13-39(17(3)15-37)27(41)35-20-9-6-18(7-10-20)29(32,33)34/h6-11,14,17,25H,4-5,12-13,15-16H2,1-3H3,(H,35,41)(H,36,42). The van der Waals surface area contributed by atoms with Crippen LogP contribution in [0.3, 0.4) is 0 Å². The van der Waals surface area contributed by atoms with E-state index < -0.39 is 35.8 Å². The van der Waals surface area contributed by atoms with Crippen molar-refractivity contribution in [3.8, 4) is 0 Å². The second-order valence-corrected chi connectivity index (χ2v) is 11.0. The van der Waals surface area contributed by atoms with Crippen LogP contribution in [0.1, 0.15) is 37.9 Å². The molecule has 2 aliphatic heterocycles. The van der Waals surface area contributed by atoms with Gasteiger partial charge in [-0.25, -0.2) is 14.4 Å². The fourth-order valence-corrected chi connectivity index (χ4v) is 5.77. The highest BCUT2D eigenvalue weighted by Gasteiger charge is 2.40. The van der Waals surface area contributed by atoms with E-state index in [0.29, 0.717) is 35.9 Å². The van der Waals surface area contributed by atoms with Crippen LogP contribution < -0.4 is 10.6 Å². The molecule has 2 N–H and O–H groups in total. The van der Waals surface area contributed by atoms with Gasteiger partial charge in [-0.05, 0) is 62.7 Å². The molecule has 2 aromatic rings. The van der Waals surface area contributed by atoms with Gasteiger partial charge in [-0.15, -0.1) is 0 Å². The molecule has 2 atom stereocenters. The molecule has 232 valence electrons. The minimum absolute atomic E-state index is 0.126. The number of hydrogen-bond donors (Lipinski definition) is 2. The number of halogens is 5. The van der Waals surface area contributed by atoms with Crippen LogP contribution in [0.5, 0.6) is 0 Å². The lowest BCUT2D eigenvalue weighted by Crippen LogP contribution is -2.57. The fourth-order valence-electron chi connectivity index (χ4n) is 5.25. The molecule has 1 fully saturated rings. The van der Waals surface area contributed by atoms with Crippen LogP contribution >= 0.6 is 23.2 Å². The Balaban J connectivity index is 1.55. The molecule has 2 heterocycles. The number of carbonyl (C=O) groups is 3. The normalized spacial score (nSPS) is 19.8. The number of carbonyl (C=O) groups excluding carboxylic acids is 3. The number of esters is 1. The monoisotopic (exact) mass is 641 g/mol. The van der Waals surface area contributed by atoms with Crippen LogP contribution in [0.4, 0.5) is 28.4 Å². The third kappa shape index (κ3) is 7.36. The van der Waals surface area contributed by atoms with Gasteiger partial charge in [0.05, 0.1) is 23.8 Å². The predicted octanol–water partition coefficient (Wildman–Crippen LogP) is 6.15. The average Bonchev–Trinajstić information content (AvgIpc) is 2.93. The maximum Gasteiger partial charge on any atom is 0.416 e. The lowest BCUT2D eigenvalue weighted by molar-refractivity contribution is -0.139. The largest absolute Gasteiger partial charge is 0.463 e. The lowest BCUT2D eigenvalue weighted by atomic mass is 9.94. The molecule has 14 heteroatoms. The number of piperazine rings is 1. The van der Waals surface area contributed by atoms with Crippen molar-refractivity contribution < 1.29 is 32.3 Å². The maximum atomic E-state index is 13.4. The third-order valence-electron chi connectivity index (χ3n) is 7.33. The molecule has 0 aliphatic carbocycles. The van der Waals surface area contributed by atoms with Crippen LogP contribution in [0.2, 0.25) is 10.0 Å². The van der Waals surface area contributed by atoms with E-state index in [1.54, 1.807) is 30.9 Å². The first-order valence-electron chi connectivity index (χ1n) is 13.7. The Kier molecular flexibility index (Phi) is 10.1. The van der Waals surface area contributed by atoms with Gasteiger partial charge in [0.1, 0.15) is 0 Å². The number of hydrogen-bond acceptors (Lipinski definition) is 5. The average molecular weight is 643 g/mol. The molecule has 0 aromatic heterocycles. The van der Waals surface area contributed by atoms with E-state index in [9.17, 15) is 27.6 Å². The number of amides is 4. The smallest absolute Gasteiger partial charge is 0.416 e. The fraction of sp³-hybridized carbons (Fsp3) is 0.414. The quantitative estimate of drug-likeness (QED) is 0.354. The number of alkyl halides is 3. The van der Waals surface area contributed by atoms with Gasteiger partial charge in [-0.1, -0.05) is 29.3 Å². The summed E-state index contributed by atoms with van der Waals surface area (Å²) in [5, 5.41) is 6.22. The minimum Gasteiger partial charge on any atom is -0.463 e. The molecule has 0 spiro atoms. The zero-order valence-corrected chi connectivity index (χ0v) is 25.3. The summed E-state index contributed by atoms with van der Waals surface area (Å²) < 4.78 is 44.0. The summed E-state index contributed by atoms with van der Waals surface area (Å²) in [5.74, 6) is -0.588. The molecule has 4 amide bonds. The molecule has 2 aromatic carbocycles. The van der Waals surface area contributed by atoms with Gasteiger partial charge in [0, 0.05) is 60.2 Å². The van der Waals surface area contributed by atoms with Crippen LogP contribution in [0.25, 0.3) is 0 Å². The second-order valence-electron chi connectivity index (χ2n) is 10.2. The summed E-state index contributed by atoms with van der Waals surface area (Å²) in [4.78, 5) is 44.7. The number of ether oxygens (including phenoxy) is 1. The lowest BCUT2D eigenvalue weighted by Gasteiger charge is -2.42. The molecule has 1 saturated heterocycles. The first-order valence-corrected chi connectivity index (χ1v) is 14.5. The number of urea groups is 2. The summed E-state index contributed by atoms with van der Waals surface area (Å²) in [7, 11) is 0. The molecule has 4 rings (SSSR count). The first-order chi connectivity index (χ1) is 20.3. The van der Waals surface area contributed by atoms with Gasteiger partial charge < -0.3 is 20.3 Å². The first kappa shape index (κ1) is 32.4. The molecule has 2 unspecified atom stereocenters. The van der Waals surface area contributed by atoms with Gasteiger partial charge in [0.15, 0.2) is 0 Å². The van der Waals surface area contributed by atoms with Crippen molar-refractivity contribution in [1.82, 2.24) is 20.0 Å². The number of anilines is 1. The number of nitrogens with one attached hydrogen (secondary N) is 2. The number of nitrogens with zero attached hydrogens (tertiary/aromatic N) is 3. The van der Waals surface area contributed by atoms with Gasteiger partial charge in [-0.3, -0.25) is 9.80 Å². The van der Waals surface area contributed by atoms with E-state index in [1.807, 2.05) is 11.8 Å². The van der Waals surface area contributed by atoms with Crippen LogP contribution in [-0.4, -0.2) is 78.1 Å². The highest BCUT2D eigenvalue weighted by atomic mass is 35.5. The Labute approximate surface area is 257 Å². The number of benzene rings is 2. The molecule has 0 bridgehead atoms. The zero-order valence-electron chi connectivity index (χ0n) is 23.8. The Hall–Kier alpha value is -3.48. The number of rotatable bonds is 7. The van der Waals surface area contributed by atoms with Crippen molar-refractivity contribution >= 4 is 46.9 Å². The van der Waals surface area contributed by atoms with Crippen LogP contribution in [0.15, 0.2) is 53.7 Å². The Morgan fingerprint density at radius 3 is 2.37 bits per heavy atom. The highest BCUT2D eigenvalue weighted by molar-refractivity contribution is 6.35. The molecule has 43 heavy (non-hydrogen) atoms. The van der Waals surface area contributed by atoms with E-state index in [1.165, 1.54) is 23.1 Å². The minimum atomic E-state index is -4.47. The molecule has 2 aliphatic rings. The van der Waals surface area contributed by atoms with Crippen molar-refractivity contribution in [2.75, 3.05) is 44.6 Å². The highest BCUT2D eigenvalue weighted by Crippen LogP contribution is 2.36. The van der Waals surface area contributed by atoms with Crippen molar-refractivity contribution in [2.45, 2.75) is 39.0 Å². The van der Waals surface area contributed by atoms with Crippen LogP contribution in [0, 0.1) is 0 Å².